The zero-order valence-corrected chi connectivity index (χ0v) is 11.5. The zero-order chi connectivity index (χ0) is 10.6. The molecule has 0 aliphatic carbocycles. The normalized spacial score (nSPS) is 9.67. The molecule has 0 atom stereocenters. The maximum absolute atomic E-state index is 10.2. The number of carboxylic acids is 1. The van der Waals surface area contributed by atoms with Gasteiger partial charge in [0.15, 0.2) is 0 Å². The molecule has 0 fully saturated rings. The molecule has 0 radical (unpaired) electrons. The van der Waals surface area contributed by atoms with Gasteiger partial charge in [-0.25, -0.2) is 0 Å². The first-order valence-corrected chi connectivity index (χ1v) is 5.99. The van der Waals surface area contributed by atoms with Crippen molar-refractivity contribution in [2.24, 2.45) is 0 Å². The summed E-state index contributed by atoms with van der Waals surface area (Å²) in [5, 5.41) is 8.41. The van der Waals surface area contributed by atoms with Crippen LogP contribution in [0.5, 0.6) is 0 Å². The molecule has 88 valence electrons. The third-order valence-electron chi connectivity index (χ3n) is 2.49. The first-order valence-electron chi connectivity index (χ1n) is 5.99. The molecule has 0 aromatic heterocycles. The molecule has 15 heavy (non-hydrogen) atoms. The minimum Gasteiger partial charge on any atom is -0.481 e. The molecular formula is C12H24O2Ti. The van der Waals surface area contributed by atoms with Crippen LogP contribution < -0.4 is 0 Å². The van der Waals surface area contributed by atoms with Gasteiger partial charge in [0.05, 0.1) is 0 Å². The molecule has 0 aliphatic rings. The fourth-order valence-electron chi connectivity index (χ4n) is 1.59. The standard InChI is InChI=1S/C12H24O2.Ti/c1-2-3-4-5-6-7-8-9-10-11-12(13)14;/h2-11H2,1H3,(H,13,14);. The van der Waals surface area contributed by atoms with Gasteiger partial charge in [0.25, 0.3) is 0 Å². The van der Waals surface area contributed by atoms with E-state index in [9.17, 15) is 4.79 Å². The van der Waals surface area contributed by atoms with Crippen molar-refractivity contribution in [3.63, 3.8) is 0 Å². The number of unbranched alkanes of at least 4 members (excludes halogenated alkanes) is 8. The van der Waals surface area contributed by atoms with Gasteiger partial charge in [-0.15, -0.1) is 0 Å². The maximum atomic E-state index is 10.2. The summed E-state index contributed by atoms with van der Waals surface area (Å²) < 4.78 is 0. The summed E-state index contributed by atoms with van der Waals surface area (Å²) in [4.78, 5) is 10.2. The number of hydrogen-bond donors (Lipinski definition) is 1. The van der Waals surface area contributed by atoms with E-state index in [1.54, 1.807) is 0 Å². The van der Waals surface area contributed by atoms with Gasteiger partial charge >= 0.3 is 5.97 Å². The predicted octanol–water partition coefficient (Wildman–Crippen LogP) is 3.99. The molecule has 0 aliphatic heterocycles. The maximum Gasteiger partial charge on any atom is 0.303 e. The molecule has 0 aromatic carbocycles. The van der Waals surface area contributed by atoms with Crippen LogP contribution in [0.25, 0.3) is 0 Å². The fraction of sp³-hybridized carbons (Fsp3) is 0.917. The summed E-state index contributed by atoms with van der Waals surface area (Å²) in [7, 11) is 0. The van der Waals surface area contributed by atoms with Crippen molar-refractivity contribution in [1.29, 1.82) is 0 Å². The SMILES string of the molecule is CCCCCCCCCCCC(=O)O.[Ti]. The number of carboxylic acid groups (broad SMARTS) is 1. The Kier molecular flexibility index (Phi) is 16.6. The first-order chi connectivity index (χ1) is 6.77. The molecule has 0 heterocycles. The molecule has 0 bridgehead atoms. The smallest absolute Gasteiger partial charge is 0.303 e. The summed E-state index contributed by atoms with van der Waals surface area (Å²) in [5.74, 6) is -0.659. The summed E-state index contributed by atoms with van der Waals surface area (Å²) in [5.41, 5.74) is 0. The van der Waals surface area contributed by atoms with E-state index < -0.39 is 5.97 Å². The van der Waals surface area contributed by atoms with Crippen LogP contribution in [0.2, 0.25) is 0 Å². The molecule has 2 nitrogen and oxygen atoms in total. The summed E-state index contributed by atoms with van der Waals surface area (Å²) in [6.07, 6.45) is 11.5. The van der Waals surface area contributed by atoms with E-state index in [2.05, 4.69) is 6.92 Å². The third kappa shape index (κ3) is 16.8. The van der Waals surface area contributed by atoms with Crippen molar-refractivity contribution in [2.45, 2.75) is 71.1 Å². The zero-order valence-electron chi connectivity index (χ0n) is 9.93. The van der Waals surface area contributed by atoms with Crippen molar-refractivity contribution in [3.05, 3.63) is 0 Å². The third-order valence-corrected chi connectivity index (χ3v) is 2.49. The Labute approximate surface area is 109 Å². The largest absolute Gasteiger partial charge is 0.481 e. The summed E-state index contributed by atoms with van der Waals surface area (Å²) in [6.45, 7) is 2.23. The monoisotopic (exact) mass is 248 g/mol. The van der Waals surface area contributed by atoms with Crippen molar-refractivity contribution >= 4 is 5.97 Å². The van der Waals surface area contributed by atoms with Gasteiger partial charge in [0.1, 0.15) is 0 Å². The Morgan fingerprint density at radius 3 is 1.67 bits per heavy atom. The molecule has 0 rings (SSSR count). The van der Waals surface area contributed by atoms with Crippen LogP contribution in [0.4, 0.5) is 0 Å². The Bertz CT molecular complexity index is 138. The van der Waals surface area contributed by atoms with Gasteiger partial charge in [0.2, 0.25) is 0 Å². The van der Waals surface area contributed by atoms with Crippen molar-refractivity contribution in [3.8, 4) is 0 Å². The second-order valence-electron chi connectivity index (χ2n) is 3.97. The van der Waals surface area contributed by atoms with Gasteiger partial charge < -0.3 is 5.11 Å². The molecule has 1 N–H and O–H groups in total. The van der Waals surface area contributed by atoms with Crippen LogP contribution in [0, 0.1) is 0 Å². The van der Waals surface area contributed by atoms with Crippen molar-refractivity contribution < 1.29 is 31.6 Å². The van der Waals surface area contributed by atoms with E-state index in [0.717, 1.165) is 12.8 Å². The second kappa shape index (κ2) is 14.2. The topological polar surface area (TPSA) is 37.3 Å². The van der Waals surface area contributed by atoms with E-state index in [1.165, 1.54) is 44.9 Å². The molecule has 0 spiro atoms. The van der Waals surface area contributed by atoms with E-state index in [0.29, 0.717) is 6.42 Å². The Morgan fingerprint density at radius 1 is 0.867 bits per heavy atom. The fourth-order valence-corrected chi connectivity index (χ4v) is 1.59. The molecule has 0 unspecified atom stereocenters. The minimum atomic E-state index is -0.659. The van der Waals surface area contributed by atoms with Gasteiger partial charge in [-0.1, -0.05) is 58.3 Å². The molecule has 3 heteroatoms. The molecule has 0 aromatic rings. The number of aliphatic carboxylic acids is 1. The van der Waals surface area contributed by atoms with Crippen molar-refractivity contribution in [1.82, 2.24) is 0 Å². The Balaban J connectivity index is 0. The number of hydrogen-bond acceptors (Lipinski definition) is 1. The molecule has 0 saturated heterocycles. The number of carbonyl (C=O) groups is 1. The first kappa shape index (κ1) is 17.6. The van der Waals surface area contributed by atoms with Crippen LogP contribution in [0.1, 0.15) is 71.1 Å². The van der Waals surface area contributed by atoms with Gasteiger partial charge in [-0.05, 0) is 6.42 Å². The molecule has 0 saturated carbocycles. The van der Waals surface area contributed by atoms with Crippen LogP contribution >= 0.6 is 0 Å². The summed E-state index contributed by atoms with van der Waals surface area (Å²) in [6, 6.07) is 0. The van der Waals surface area contributed by atoms with Crippen LogP contribution in [-0.4, -0.2) is 11.1 Å². The van der Waals surface area contributed by atoms with Gasteiger partial charge in [-0.2, -0.15) is 0 Å². The average Bonchev–Trinajstić information content (AvgIpc) is 2.15. The Hall–Kier alpha value is 0.184. The second-order valence-corrected chi connectivity index (χ2v) is 3.97. The number of rotatable bonds is 10. The van der Waals surface area contributed by atoms with Gasteiger partial charge in [0, 0.05) is 28.1 Å². The summed E-state index contributed by atoms with van der Waals surface area (Å²) >= 11 is 0. The van der Waals surface area contributed by atoms with E-state index in [4.69, 9.17) is 5.11 Å². The van der Waals surface area contributed by atoms with Crippen molar-refractivity contribution in [2.75, 3.05) is 0 Å². The minimum absolute atomic E-state index is 0. The van der Waals surface area contributed by atoms with E-state index in [1.807, 2.05) is 0 Å². The quantitative estimate of drug-likeness (QED) is 0.469. The molecule has 0 amide bonds. The van der Waals surface area contributed by atoms with Crippen LogP contribution in [0.15, 0.2) is 0 Å². The molecular weight excluding hydrogens is 224 g/mol. The van der Waals surface area contributed by atoms with E-state index in [-0.39, 0.29) is 21.7 Å². The predicted molar refractivity (Wildman–Crippen MR) is 59.5 cm³/mol. The van der Waals surface area contributed by atoms with Crippen LogP contribution in [0.3, 0.4) is 0 Å². The van der Waals surface area contributed by atoms with E-state index >= 15 is 0 Å². The van der Waals surface area contributed by atoms with Gasteiger partial charge in [-0.3, -0.25) is 4.79 Å². The van der Waals surface area contributed by atoms with Crippen LogP contribution in [-0.2, 0) is 26.5 Å². The Morgan fingerprint density at radius 2 is 1.27 bits per heavy atom. The average molecular weight is 248 g/mol.